The van der Waals surface area contributed by atoms with Crippen molar-refractivity contribution in [3.63, 3.8) is 0 Å². The fourth-order valence-corrected chi connectivity index (χ4v) is 5.94. The van der Waals surface area contributed by atoms with Crippen molar-refractivity contribution in [2.24, 2.45) is 5.92 Å². The Morgan fingerprint density at radius 2 is 2.08 bits per heavy atom. The molecule has 9 heteroatoms. The average Bonchev–Trinajstić information content (AvgIpc) is 3.15. The summed E-state index contributed by atoms with van der Waals surface area (Å²) in [4.78, 5) is 16.8. The van der Waals surface area contributed by atoms with E-state index in [2.05, 4.69) is 4.98 Å². The zero-order valence-corrected chi connectivity index (χ0v) is 14.7. The fraction of sp³-hybridized carbons (Fsp3) is 0.375. The molecule has 2 aliphatic rings. The first-order valence-corrected chi connectivity index (χ1v) is 9.73. The molecule has 2 atom stereocenters. The molecule has 0 spiro atoms. The van der Waals surface area contributed by atoms with E-state index < -0.39 is 16.1 Å². The highest BCUT2D eigenvalue weighted by atomic mass is 35.5. The lowest BCUT2D eigenvalue weighted by Crippen LogP contribution is -2.39. The van der Waals surface area contributed by atoms with Gasteiger partial charge in [0.25, 0.3) is 0 Å². The molecular weight excluding hydrogens is 366 g/mol. The molecule has 0 bridgehead atoms. The minimum atomic E-state index is -3.78. The maximum Gasteiger partial charge on any atom is 0.407 e. The number of amides is 1. The van der Waals surface area contributed by atoms with Crippen LogP contribution in [0.4, 0.5) is 4.79 Å². The monoisotopic (exact) mass is 381 g/mol. The summed E-state index contributed by atoms with van der Waals surface area (Å²) in [6.07, 6.45) is 2.69. The number of nitrogens with zero attached hydrogens (tertiary/aromatic N) is 3. The Hall–Kier alpha value is -1.90. The van der Waals surface area contributed by atoms with E-state index in [4.69, 9.17) is 11.6 Å². The molecule has 4 rings (SSSR count). The molecule has 3 heterocycles. The van der Waals surface area contributed by atoms with Crippen molar-refractivity contribution in [3.05, 3.63) is 35.6 Å². The van der Waals surface area contributed by atoms with Crippen molar-refractivity contribution in [2.75, 3.05) is 19.6 Å². The number of rotatable bonds is 2. The van der Waals surface area contributed by atoms with Crippen LogP contribution in [0, 0.1) is 5.92 Å². The molecule has 2 unspecified atom stereocenters. The van der Waals surface area contributed by atoms with Crippen LogP contribution < -0.4 is 0 Å². The second kappa shape index (κ2) is 5.82. The Balaban J connectivity index is 1.74. The number of fused-ring (bicyclic) bond motifs is 2. The molecule has 2 fully saturated rings. The molecule has 132 valence electrons. The van der Waals surface area contributed by atoms with E-state index in [1.807, 2.05) is 0 Å². The third-order valence-corrected chi connectivity index (χ3v) is 7.24. The van der Waals surface area contributed by atoms with Gasteiger partial charge < -0.3 is 10.0 Å². The molecule has 2 saturated heterocycles. The van der Waals surface area contributed by atoms with E-state index in [1.54, 1.807) is 18.3 Å². The number of sulfonamides is 1. The van der Waals surface area contributed by atoms with Crippen LogP contribution in [0.3, 0.4) is 0 Å². The van der Waals surface area contributed by atoms with Crippen molar-refractivity contribution in [3.8, 4) is 0 Å². The minimum absolute atomic E-state index is 0.0398. The van der Waals surface area contributed by atoms with E-state index in [0.717, 1.165) is 0 Å². The highest BCUT2D eigenvalue weighted by molar-refractivity contribution is 7.89. The summed E-state index contributed by atoms with van der Waals surface area (Å²) in [7, 11) is -3.78. The summed E-state index contributed by atoms with van der Waals surface area (Å²) in [5.41, 5.74) is 0. The van der Waals surface area contributed by atoms with Crippen molar-refractivity contribution in [1.29, 1.82) is 0 Å². The second-order valence-corrected chi connectivity index (χ2v) is 8.70. The Labute approximate surface area is 149 Å². The van der Waals surface area contributed by atoms with Crippen LogP contribution in [-0.2, 0) is 10.0 Å². The van der Waals surface area contributed by atoms with Gasteiger partial charge in [-0.1, -0.05) is 23.7 Å². The molecule has 1 N–H and O–H groups in total. The third kappa shape index (κ3) is 2.56. The summed E-state index contributed by atoms with van der Waals surface area (Å²) in [6, 6.07) is 4.68. The minimum Gasteiger partial charge on any atom is -0.465 e. The Kier molecular flexibility index (Phi) is 3.86. The highest BCUT2D eigenvalue weighted by Gasteiger charge is 2.47. The number of hydrogen-bond acceptors (Lipinski definition) is 4. The SMILES string of the molecule is O=C(O)N1CCC2CN(S(=O)(=O)c3cccc4cncc(Cl)c34)CC21. The molecule has 0 saturated carbocycles. The number of likely N-dealkylation sites (tertiary alicyclic amines) is 1. The van der Waals surface area contributed by atoms with Crippen molar-refractivity contribution < 1.29 is 18.3 Å². The smallest absolute Gasteiger partial charge is 0.407 e. The van der Waals surface area contributed by atoms with Crippen LogP contribution in [0.5, 0.6) is 0 Å². The number of carboxylic acid groups (broad SMARTS) is 1. The van der Waals surface area contributed by atoms with Crippen molar-refractivity contribution >= 4 is 38.5 Å². The quantitative estimate of drug-likeness (QED) is 0.861. The van der Waals surface area contributed by atoms with Gasteiger partial charge in [0.05, 0.1) is 16.0 Å². The van der Waals surface area contributed by atoms with Gasteiger partial charge in [-0.15, -0.1) is 0 Å². The Morgan fingerprint density at radius 1 is 1.28 bits per heavy atom. The topological polar surface area (TPSA) is 90.8 Å². The molecule has 1 aromatic carbocycles. The van der Waals surface area contributed by atoms with E-state index >= 15 is 0 Å². The summed E-state index contributed by atoms with van der Waals surface area (Å²) in [5.74, 6) is 0.0398. The number of benzene rings is 1. The zero-order chi connectivity index (χ0) is 17.8. The largest absolute Gasteiger partial charge is 0.465 e. The van der Waals surface area contributed by atoms with Crippen LogP contribution in [0.2, 0.25) is 5.02 Å². The van der Waals surface area contributed by atoms with Crippen LogP contribution >= 0.6 is 11.6 Å². The van der Waals surface area contributed by atoms with Gasteiger partial charge in [-0.05, 0) is 18.4 Å². The molecule has 1 aromatic heterocycles. The van der Waals surface area contributed by atoms with Gasteiger partial charge in [-0.25, -0.2) is 13.2 Å². The number of aromatic nitrogens is 1. The number of hydrogen-bond donors (Lipinski definition) is 1. The maximum atomic E-state index is 13.2. The molecule has 2 aliphatic heterocycles. The fourth-order valence-electron chi connectivity index (χ4n) is 3.87. The summed E-state index contributed by atoms with van der Waals surface area (Å²) >= 11 is 6.20. The van der Waals surface area contributed by atoms with Gasteiger partial charge in [0.2, 0.25) is 10.0 Å². The standard InChI is InChI=1S/C16H16ClN3O4S/c17-12-7-18-6-10-2-1-3-14(15(10)12)25(23,24)19-8-11-4-5-20(16(21)22)13(11)9-19/h1-3,6-7,11,13H,4-5,8-9H2,(H,21,22). The van der Waals surface area contributed by atoms with E-state index in [-0.39, 0.29) is 28.4 Å². The number of pyridine rings is 1. The number of halogens is 1. The van der Waals surface area contributed by atoms with Crippen molar-refractivity contribution in [2.45, 2.75) is 17.4 Å². The van der Waals surface area contributed by atoms with Crippen LogP contribution in [0.25, 0.3) is 10.8 Å². The number of carbonyl (C=O) groups is 1. The van der Waals surface area contributed by atoms with E-state index in [0.29, 0.717) is 30.3 Å². The van der Waals surface area contributed by atoms with Crippen LogP contribution in [0.1, 0.15) is 6.42 Å². The first-order valence-electron chi connectivity index (χ1n) is 7.91. The summed E-state index contributed by atoms with van der Waals surface area (Å²) in [6.45, 7) is 0.971. The molecule has 7 nitrogen and oxygen atoms in total. The third-order valence-electron chi connectivity index (χ3n) is 5.08. The Bertz CT molecular complexity index is 960. The lowest BCUT2D eigenvalue weighted by molar-refractivity contribution is 0.139. The lowest BCUT2D eigenvalue weighted by atomic mass is 10.1. The predicted molar refractivity (Wildman–Crippen MR) is 92.1 cm³/mol. The average molecular weight is 382 g/mol. The van der Waals surface area contributed by atoms with Gasteiger partial charge >= 0.3 is 6.09 Å². The second-order valence-electron chi connectivity index (χ2n) is 6.39. The lowest BCUT2D eigenvalue weighted by Gasteiger charge is -2.22. The molecule has 2 aromatic rings. The predicted octanol–water partition coefficient (Wildman–Crippen LogP) is 2.26. The summed E-state index contributed by atoms with van der Waals surface area (Å²) in [5, 5.41) is 10.7. The zero-order valence-electron chi connectivity index (χ0n) is 13.2. The molecule has 0 radical (unpaired) electrons. The maximum absolute atomic E-state index is 13.2. The van der Waals surface area contributed by atoms with Crippen LogP contribution in [0.15, 0.2) is 35.5 Å². The first-order chi connectivity index (χ1) is 11.9. The van der Waals surface area contributed by atoms with E-state index in [1.165, 1.54) is 21.5 Å². The Morgan fingerprint density at radius 3 is 2.84 bits per heavy atom. The van der Waals surface area contributed by atoms with Gasteiger partial charge in [-0.3, -0.25) is 4.98 Å². The van der Waals surface area contributed by atoms with Gasteiger partial charge in [0, 0.05) is 42.8 Å². The molecule has 1 amide bonds. The highest BCUT2D eigenvalue weighted by Crippen LogP contribution is 2.37. The molecule has 0 aliphatic carbocycles. The molecule has 25 heavy (non-hydrogen) atoms. The van der Waals surface area contributed by atoms with Gasteiger partial charge in [-0.2, -0.15) is 4.31 Å². The van der Waals surface area contributed by atoms with Crippen LogP contribution in [-0.4, -0.2) is 59.5 Å². The van der Waals surface area contributed by atoms with E-state index in [9.17, 15) is 18.3 Å². The summed E-state index contributed by atoms with van der Waals surface area (Å²) < 4.78 is 27.8. The molecular formula is C16H16ClN3O4S. The van der Waals surface area contributed by atoms with Crippen molar-refractivity contribution in [1.82, 2.24) is 14.2 Å². The van der Waals surface area contributed by atoms with Gasteiger partial charge in [0.1, 0.15) is 0 Å². The normalized spacial score (nSPS) is 24.0. The van der Waals surface area contributed by atoms with Gasteiger partial charge in [0.15, 0.2) is 0 Å². The first kappa shape index (κ1) is 16.6.